The number of para-hydroxylation sites is 1. The highest BCUT2D eigenvalue weighted by molar-refractivity contribution is 5.89. The molecule has 2 unspecified atom stereocenters. The molecule has 1 fully saturated rings. The van der Waals surface area contributed by atoms with Gasteiger partial charge in [0.25, 0.3) is 0 Å². The van der Waals surface area contributed by atoms with E-state index < -0.39 is 5.54 Å². The van der Waals surface area contributed by atoms with Crippen molar-refractivity contribution in [3.63, 3.8) is 0 Å². The fraction of sp³-hybridized carbons (Fsp3) is 0.550. The number of nitrogens with two attached hydrogens (primary N) is 1. The summed E-state index contributed by atoms with van der Waals surface area (Å²) in [6, 6.07) is 6.27. The molecule has 5 nitrogen and oxygen atoms in total. The molecule has 0 aliphatic heterocycles. The number of benzene rings is 1. The van der Waals surface area contributed by atoms with Crippen molar-refractivity contribution in [3.8, 4) is 0 Å². The molecule has 1 amide bonds. The van der Waals surface area contributed by atoms with Gasteiger partial charge in [-0.2, -0.15) is 0 Å². The van der Waals surface area contributed by atoms with E-state index >= 15 is 0 Å². The maximum absolute atomic E-state index is 12.7. The first-order valence-electron chi connectivity index (χ1n) is 9.05. The van der Waals surface area contributed by atoms with Crippen LogP contribution in [0.25, 0.3) is 10.9 Å². The number of aromatic amines is 1. The van der Waals surface area contributed by atoms with Gasteiger partial charge in [-0.3, -0.25) is 4.79 Å². The normalized spacial score (nSPS) is 24.0. The molecule has 1 aliphatic rings. The molecule has 1 heterocycles. The Morgan fingerprint density at radius 1 is 1.42 bits per heavy atom. The van der Waals surface area contributed by atoms with Gasteiger partial charge in [0.1, 0.15) is 5.54 Å². The van der Waals surface area contributed by atoms with E-state index in [0.29, 0.717) is 19.6 Å². The van der Waals surface area contributed by atoms with Crippen molar-refractivity contribution in [2.24, 2.45) is 11.1 Å². The second-order valence-electron chi connectivity index (χ2n) is 7.66. The number of halogens is 1. The molecule has 0 radical (unpaired) electrons. The van der Waals surface area contributed by atoms with Gasteiger partial charge in [-0.05, 0) is 31.4 Å². The van der Waals surface area contributed by atoms with Crippen LogP contribution in [-0.4, -0.2) is 35.7 Å². The molecule has 0 saturated heterocycles. The number of carbonyl (C=O) groups is 1. The Kier molecular flexibility index (Phi) is 6.06. The summed E-state index contributed by atoms with van der Waals surface area (Å²) < 4.78 is 5.70. The summed E-state index contributed by atoms with van der Waals surface area (Å²) in [5.41, 5.74) is 8.81. The molecule has 26 heavy (non-hydrogen) atoms. The molecule has 2 atom stereocenters. The number of amides is 1. The zero-order valence-electron chi connectivity index (χ0n) is 16.0. The van der Waals surface area contributed by atoms with Crippen LogP contribution < -0.4 is 11.1 Å². The van der Waals surface area contributed by atoms with Crippen LogP contribution >= 0.6 is 12.4 Å². The molecule has 144 valence electrons. The fourth-order valence-corrected chi connectivity index (χ4v) is 3.86. The molecule has 0 spiro atoms. The van der Waals surface area contributed by atoms with E-state index in [1.54, 1.807) is 0 Å². The summed E-state index contributed by atoms with van der Waals surface area (Å²) in [7, 11) is 0. The van der Waals surface area contributed by atoms with Gasteiger partial charge in [-0.15, -0.1) is 12.4 Å². The van der Waals surface area contributed by atoms with Crippen molar-refractivity contribution in [2.75, 3.05) is 13.2 Å². The number of H-pyrrole nitrogens is 1. The summed E-state index contributed by atoms with van der Waals surface area (Å²) in [4.78, 5) is 16.0. The molecule has 1 saturated carbocycles. The van der Waals surface area contributed by atoms with Crippen molar-refractivity contribution < 1.29 is 9.53 Å². The van der Waals surface area contributed by atoms with E-state index in [0.717, 1.165) is 6.42 Å². The highest BCUT2D eigenvalue weighted by Crippen LogP contribution is 2.49. The maximum Gasteiger partial charge on any atom is 0.240 e. The number of ether oxygens (including phenoxy) is 1. The molecule has 0 bridgehead atoms. The first kappa shape index (κ1) is 20.7. The third-order valence-electron chi connectivity index (χ3n) is 5.92. The Hall–Kier alpha value is -1.56. The smallest absolute Gasteiger partial charge is 0.240 e. The lowest BCUT2D eigenvalue weighted by molar-refractivity contribution is -0.170. The van der Waals surface area contributed by atoms with Crippen molar-refractivity contribution >= 4 is 29.2 Å². The highest BCUT2D eigenvalue weighted by Gasteiger charge is 2.62. The molecule has 6 heteroatoms. The number of aryl methyl sites for hydroxylation is 1. The summed E-state index contributed by atoms with van der Waals surface area (Å²) >= 11 is 0. The number of hydrogen-bond acceptors (Lipinski definition) is 3. The van der Waals surface area contributed by atoms with Crippen LogP contribution in [0.5, 0.6) is 0 Å². The van der Waals surface area contributed by atoms with E-state index in [-0.39, 0.29) is 29.8 Å². The zero-order chi connectivity index (χ0) is 18.2. The van der Waals surface area contributed by atoms with E-state index in [1.165, 1.54) is 22.0 Å². The Labute approximate surface area is 161 Å². The minimum absolute atomic E-state index is 0. The van der Waals surface area contributed by atoms with Crippen LogP contribution in [0.15, 0.2) is 24.4 Å². The second kappa shape index (κ2) is 7.59. The van der Waals surface area contributed by atoms with Crippen molar-refractivity contribution in [1.29, 1.82) is 0 Å². The van der Waals surface area contributed by atoms with Crippen LogP contribution in [0.3, 0.4) is 0 Å². The fourth-order valence-electron chi connectivity index (χ4n) is 3.86. The number of nitrogens with one attached hydrogen (secondary N) is 2. The highest BCUT2D eigenvalue weighted by atomic mass is 35.5. The standard InChI is InChI=1S/C20H29N3O2.ClH/c1-5-25-16-11-20(21,19(16,3)4)18(24)22-10-9-14-12-23-17-13(2)7-6-8-15(14)17;/h6-8,12,16,23H,5,9-11,21H2,1-4H3,(H,22,24);1H. The lowest BCUT2D eigenvalue weighted by Gasteiger charge is -2.57. The quantitative estimate of drug-likeness (QED) is 0.721. The van der Waals surface area contributed by atoms with Gasteiger partial charge in [-0.1, -0.05) is 32.0 Å². The molecular weight excluding hydrogens is 350 g/mol. The van der Waals surface area contributed by atoms with Crippen molar-refractivity contribution in [3.05, 3.63) is 35.5 Å². The van der Waals surface area contributed by atoms with Crippen LogP contribution in [0.4, 0.5) is 0 Å². The Balaban J connectivity index is 0.00000243. The van der Waals surface area contributed by atoms with Gasteiger partial charge in [-0.25, -0.2) is 0 Å². The summed E-state index contributed by atoms with van der Waals surface area (Å²) in [5, 5.41) is 4.25. The predicted molar refractivity (Wildman–Crippen MR) is 108 cm³/mol. The first-order chi connectivity index (χ1) is 11.8. The summed E-state index contributed by atoms with van der Waals surface area (Å²) in [5.74, 6) is -0.0792. The number of aromatic nitrogens is 1. The largest absolute Gasteiger partial charge is 0.378 e. The average Bonchev–Trinajstić information content (AvgIpc) is 2.99. The second-order valence-corrected chi connectivity index (χ2v) is 7.66. The average molecular weight is 380 g/mol. The van der Waals surface area contributed by atoms with Crippen LogP contribution in [0.2, 0.25) is 0 Å². The van der Waals surface area contributed by atoms with Crippen LogP contribution in [0.1, 0.15) is 38.3 Å². The zero-order valence-corrected chi connectivity index (χ0v) is 16.8. The molecular formula is C20H30ClN3O2. The van der Waals surface area contributed by atoms with Gasteiger partial charge in [0.05, 0.1) is 6.10 Å². The van der Waals surface area contributed by atoms with Gasteiger partial charge in [0.2, 0.25) is 5.91 Å². The van der Waals surface area contributed by atoms with E-state index in [4.69, 9.17) is 10.5 Å². The van der Waals surface area contributed by atoms with Gasteiger partial charge in [0, 0.05) is 42.1 Å². The SMILES string of the molecule is CCOC1CC(N)(C(=O)NCCc2c[nH]c3c(C)cccc23)C1(C)C.Cl. The topological polar surface area (TPSA) is 80.1 Å². The first-order valence-corrected chi connectivity index (χ1v) is 9.05. The molecule has 4 N–H and O–H groups in total. The van der Waals surface area contributed by atoms with Gasteiger partial charge >= 0.3 is 0 Å². The Bertz CT molecular complexity index is 786. The van der Waals surface area contributed by atoms with Crippen LogP contribution in [0, 0.1) is 12.3 Å². The van der Waals surface area contributed by atoms with E-state index in [9.17, 15) is 4.79 Å². The minimum atomic E-state index is -0.858. The summed E-state index contributed by atoms with van der Waals surface area (Å²) in [6.07, 6.45) is 3.43. The minimum Gasteiger partial charge on any atom is -0.378 e. The lowest BCUT2D eigenvalue weighted by atomic mass is 9.54. The van der Waals surface area contributed by atoms with Crippen molar-refractivity contribution in [2.45, 2.75) is 52.2 Å². The predicted octanol–water partition coefficient (Wildman–Crippen LogP) is 3.09. The van der Waals surface area contributed by atoms with Crippen molar-refractivity contribution in [1.82, 2.24) is 10.3 Å². The number of hydrogen-bond donors (Lipinski definition) is 3. The van der Waals surface area contributed by atoms with Gasteiger partial charge in [0.15, 0.2) is 0 Å². The number of rotatable bonds is 6. The third-order valence-corrected chi connectivity index (χ3v) is 5.92. The maximum atomic E-state index is 12.7. The van der Waals surface area contributed by atoms with Gasteiger partial charge < -0.3 is 20.8 Å². The molecule has 2 aromatic rings. The Morgan fingerprint density at radius 3 is 2.81 bits per heavy atom. The summed E-state index contributed by atoms with van der Waals surface area (Å²) in [6.45, 7) is 9.31. The number of carbonyl (C=O) groups excluding carboxylic acids is 1. The third kappa shape index (κ3) is 3.24. The molecule has 3 rings (SSSR count). The molecule has 1 aromatic carbocycles. The molecule has 1 aliphatic carbocycles. The van der Waals surface area contributed by atoms with E-state index in [1.807, 2.05) is 27.0 Å². The van der Waals surface area contributed by atoms with Crippen LogP contribution in [-0.2, 0) is 16.0 Å². The van der Waals surface area contributed by atoms with E-state index in [2.05, 4.69) is 35.4 Å². The monoisotopic (exact) mass is 379 g/mol. The lowest BCUT2D eigenvalue weighted by Crippen LogP contribution is -2.75. The molecule has 1 aromatic heterocycles. The Morgan fingerprint density at radius 2 is 2.15 bits per heavy atom. The number of fused-ring (bicyclic) bond motifs is 1.